The summed E-state index contributed by atoms with van der Waals surface area (Å²) in [6.45, 7) is 6.37. The fourth-order valence-electron chi connectivity index (χ4n) is 2.62. The molecule has 1 saturated heterocycles. The van der Waals surface area contributed by atoms with E-state index in [9.17, 15) is 14.7 Å². The lowest BCUT2D eigenvalue weighted by atomic mass is 9.98. The van der Waals surface area contributed by atoms with Gasteiger partial charge in [0, 0.05) is 22.3 Å². The Hall–Kier alpha value is -1.49. The number of hydrogen-bond donors (Lipinski definition) is 1. The van der Waals surface area contributed by atoms with Gasteiger partial charge >= 0.3 is 5.97 Å². The molecule has 1 heterocycles. The van der Waals surface area contributed by atoms with Crippen LogP contribution in [0, 0.1) is 0 Å². The maximum atomic E-state index is 12.6. The van der Waals surface area contributed by atoms with Crippen molar-refractivity contribution >= 4 is 23.6 Å². The van der Waals surface area contributed by atoms with E-state index in [1.165, 1.54) is 4.90 Å². The van der Waals surface area contributed by atoms with Crippen LogP contribution < -0.4 is 0 Å². The number of nitrogens with zero attached hydrogens (tertiary/aromatic N) is 1. The van der Waals surface area contributed by atoms with Gasteiger partial charge < -0.3 is 10.0 Å². The summed E-state index contributed by atoms with van der Waals surface area (Å²) >= 11 is 1.74. The van der Waals surface area contributed by atoms with Crippen LogP contribution in [0.5, 0.6) is 0 Å². The summed E-state index contributed by atoms with van der Waals surface area (Å²) in [5.41, 5.74) is -0.528. The lowest BCUT2D eigenvalue weighted by molar-refractivity contribution is -0.147. The second-order valence-electron chi connectivity index (χ2n) is 5.83. The molecule has 1 aliphatic heterocycles. The van der Waals surface area contributed by atoms with Crippen LogP contribution in [0.1, 0.15) is 44.0 Å². The highest BCUT2D eigenvalue weighted by atomic mass is 32.2. The number of hydrogen-bond acceptors (Lipinski definition) is 3. The van der Waals surface area contributed by atoms with Crippen molar-refractivity contribution in [3.63, 3.8) is 0 Å². The van der Waals surface area contributed by atoms with Crippen LogP contribution in [-0.2, 0) is 4.79 Å². The van der Waals surface area contributed by atoms with Crippen LogP contribution in [0.25, 0.3) is 0 Å². The normalized spacial score (nSPS) is 21.8. The van der Waals surface area contributed by atoms with E-state index in [0.717, 1.165) is 11.3 Å². The molecule has 0 saturated carbocycles. The first-order chi connectivity index (χ1) is 9.84. The molecule has 1 aromatic rings. The first kappa shape index (κ1) is 15.9. The van der Waals surface area contributed by atoms with Gasteiger partial charge in [0.05, 0.1) is 0 Å². The van der Waals surface area contributed by atoms with Crippen LogP contribution >= 0.6 is 11.8 Å². The van der Waals surface area contributed by atoms with Gasteiger partial charge in [0.15, 0.2) is 0 Å². The summed E-state index contributed by atoms with van der Waals surface area (Å²) in [6.07, 6.45) is 1.24. The number of rotatable bonds is 4. The summed E-state index contributed by atoms with van der Waals surface area (Å²) in [6, 6.07) is 7.42. The summed E-state index contributed by atoms with van der Waals surface area (Å²) < 4.78 is 0. The van der Waals surface area contributed by atoms with Crippen LogP contribution in [0.3, 0.4) is 0 Å². The van der Waals surface area contributed by atoms with Gasteiger partial charge in [-0.05, 0) is 44.0 Å². The highest BCUT2D eigenvalue weighted by Gasteiger charge is 2.46. The molecule has 1 N–H and O–H groups in total. The predicted molar refractivity (Wildman–Crippen MR) is 83.7 cm³/mol. The van der Waals surface area contributed by atoms with Gasteiger partial charge in [-0.1, -0.05) is 13.8 Å². The van der Waals surface area contributed by atoms with Gasteiger partial charge in [-0.3, -0.25) is 4.79 Å². The lowest BCUT2D eigenvalue weighted by Crippen LogP contribution is -2.50. The second kappa shape index (κ2) is 6.10. The van der Waals surface area contributed by atoms with Gasteiger partial charge in [-0.15, -0.1) is 11.8 Å². The van der Waals surface area contributed by atoms with Gasteiger partial charge in [0.1, 0.15) is 5.54 Å². The zero-order valence-electron chi connectivity index (χ0n) is 12.6. The van der Waals surface area contributed by atoms with Crippen LogP contribution in [0.2, 0.25) is 0 Å². The minimum atomic E-state index is -1.08. The van der Waals surface area contributed by atoms with E-state index >= 15 is 0 Å². The molecule has 0 aliphatic carbocycles. The van der Waals surface area contributed by atoms with Crippen molar-refractivity contribution in [2.75, 3.05) is 6.54 Å². The molecule has 1 aliphatic rings. The molecule has 1 amide bonds. The van der Waals surface area contributed by atoms with Crippen molar-refractivity contribution in [2.24, 2.45) is 0 Å². The highest BCUT2D eigenvalue weighted by molar-refractivity contribution is 7.99. The molecule has 1 unspecified atom stereocenters. The molecule has 1 fully saturated rings. The number of benzene rings is 1. The molecule has 0 radical (unpaired) electrons. The Balaban J connectivity index is 2.18. The van der Waals surface area contributed by atoms with Crippen molar-refractivity contribution in [1.82, 2.24) is 4.90 Å². The molecule has 21 heavy (non-hydrogen) atoms. The second-order valence-corrected chi connectivity index (χ2v) is 7.48. The molecule has 0 aromatic heterocycles. The Morgan fingerprint density at radius 3 is 2.43 bits per heavy atom. The molecular formula is C16H21NO3S. The molecule has 2 rings (SSSR count). The Morgan fingerprint density at radius 1 is 1.29 bits per heavy atom. The number of carbonyl (C=O) groups is 2. The van der Waals surface area contributed by atoms with E-state index in [-0.39, 0.29) is 5.91 Å². The number of likely N-dealkylation sites (tertiary alicyclic amines) is 1. The average molecular weight is 307 g/mol. The summed E-state index contributed by atoms with van der Waals surface area (Å²) in [5, 5.41) is 9.87. The van der Waals surface area contributed by atoms with Crippen LogP contribution in [-0.4, -0.2) is 39.2 Å². The number of carbonyl (C=O) groups excluding carboxylic acids is 1. The van der Waals surface area contributed by atoms with E-state index in [1.807, 2.05) is 12.1 Å². The van der Waals surface area contributed by atoms with Crippen molar-refractivity contribution in [3.05, 3.63) is 29.8 Å². The third-order valence-corrected chi connectivity index (χ3v) is 4.84. The van der Waals surface area contributed by atoms with Gasteiger partial charge in [-0.25, -0.2) is 4.79 Å². The first-order valence-corrected chi connectivity index (χ1v) is 8.04. The van der Waals surface area contributed by atoms with E-state index in [0.29, 0.717) is 23.8 Å². The summed E-state index contributed by atoms with van der Waals surface area (Å²) in [5.74, 6) is -1.13. The van der Waals surface area contributed by atoms with Gasteiger partial charge in [0.25, 0.3) is 5.91 Å². The van der Waals surface area contributed by atoms with E-state index in [2.05, 4.69) is 13.8 Å². The van der Waals surface area contributed by atoms with E-state index in [1.54, 1.807) is 30.8 Å². The third-order valence-electron chi connectivity index (χ3n) is 3.82. The van der Waals surface area contributed by atoms with Crippen LogP contribution in [0.4, 0.5) is 0 Å². The minimum Gasteiger partial charge on any atom is -0.480 e. The largest absolute Gasteiger partial charge is 0.480 e. The zero-order valence-corrected chi connectivity index (χ0v) is 13.4. The number of aliphatic carboxylic acids is 1. The fourth-order valence-corrected chi connectivity index (χ4v) is 3.45. The number of carboxylic acids is 1. The molecule has 4 nitrogen and oxygen atoms in total. The standard InChI is InChI=1S/C16H21NO3S/c1-11(2)21-13-7-5-12(6-8-13)14(18)17-10-4-9-16(17,3)15(19)20/h5-8,11H,4,9-10H2,1-3H3,(H,19,20). The average Bonchev–Trinajstić information content (AvgIpc) is 2.81. The Morgan fingerprint density at radius 2 is 1.90 bits per heavy atom. The van der Waals surface area contributed by atoms with Gasteiger partial charge in [-0.2, -0.15) is 0 Å². The van der Waals surface area contributed by atoms with Crippen molar-refractivity contribution in [1.29, 1.82) is 0 Å². The smallest absolute Gasteiger partial charge is 0.329 e. The maximum Gasteiger partial charge on any atom is 0.329 e. The molecule has 114 valence electrons. The Bertz CT molecular complexity index is 541. The van der Waals surface area contributed by atoms with E-state index < -0.39 is 11.5 Å². The minimum absolute atomic E-state index is 0.196. The maximum absolute atomic E-state index is 12.6. The number of carboxylic acid groups (broad SMARTS) is 1. The van der Waals surface area contributed by atoms with Crippen molar-refractivity contribution in [2.45, 2.75) is 49.3 Å². The van der Waals surface area contributed by atoms with Crippen molar-refractivity contribution < 1.29 is 14.7 Å². The summed E-state index contributed by atoms with van der Waals surface area (Å²) in [4.78, 5) is 26.6. The monoisotopic (exact) mass is 307 g/mol. The molecule has 1 aromatic carbocycles. The fraction of sp³-hybridized carbons (Fsp3) is 0.500. The first-order valence-electron chi connectivity index (χ1n) is 7.16. The molecule has 0 bridgehead atoms. The van der Waals surface area contributed by atoms with Gasteiger partial charge in [0.2, 0.25) is 0 Å². The molecular weight excluding hydrogens is 286 g/mol. The predicted octanol–water partition coefficient (Wildman–Crippen LogP) is 3.27. The number of thioether (sulfide) groups is 1. The molecule has 0 spiro atoms. The Kier molecular flexibility index (Phi) is 4.61. The zero-order chi connectivity index (χ0) is 15.6. The Labute approximate surface area is 129 Å². The quantitative estimate of drug-likeness (QED) is 0.867. The lowest BCUT2D eigenvalue weighted by Gasteiger charge is -2.31. The topological polar surface area (TPSA) is 57.6 Å². The third kappa shape index (κ3) is 3.23. The van der Waals surface area contributed by atoms with E-state index in [4.69, 9.17) is 0 Å². The highest BCUT2D eigenvalue weighted by Crippen LogP contribution is 2.31. The SMILES string of the molecule is CC(C)Sc1ccc(C(=O)N2CCCC2(C)C(=O)O)cc1. The van der Waals surface area contributed by atoms with Crippen LogP contribution in [0.15, 0.2) is 29.2 Å². The summed E-state index contributed by atoms with van der Waals surface area (Å²) in [7, 11) is 0. The number of amides is 1. The van der Waals surface area contributed by atoms with Crippen molar-refractivity contribution in [3.8, 4) is 0 Å². The molecule has 1 atom stereocenters. The molecule has 5 heteroatoms.